The van der Waals surface area contributed by atoms with Crippen LogP contribution in [-0.2, 0) is 6.54 Å². The van der Waals surface area contributed by atoms with E-state index in [1.54, 1.807) is 12.3 Å². The minimum atomic E-state index is -0.371. The summed E-state index contributed by atoms with van der Waals surface area (Å²) < 4.78 is 10.4. The van der Waals surface area contributed by atoms with Gasteiger partial charge < -0.3 is 30.6 Å². The first-order valence-electron chi connectivity index (χ1n) is 17.0. The Morgan fingerprint density at radius 3 is 2.47 bits per heavy atom. The molecule has 2 aliphatic rings. The zero-order valence-corrected chi connectivity index (χ0v) is 29.1. The van der Waals surface area contributed by atoms with Gasteiger partial charge in [0.2, 0.25) is 5.95 Å². The number of urea groups is 1. The molecule has 2 amide bonds. The summed E-state index contributed by atoms with van der Waals surface area (Å²) in [5.41, 5.74) is 1.58. The van der Waals surface area contributed by atoms with Crippen LogP contribution in [-0.4, -0.2) is 85.9 Å². The Morgan fingerprint density at radius 1 is 1.06 bits per heavy atom. The van der Waals surface area contributed by atoms with Crippen molar-refractivity contribution in [3.8, 4) is 5.75 Å². The standard InChI is InChI=1S/C34H53N11O2/c1-23-9-8-10-24(2)45(23)33-41-40-31-16-15-28(22-44(31)33)47-27-13-11-25(12-14-27)38-32(46)39-30(19-29(35)34(3,4)5)37-26-20-36-43(21-26)18-17-42(6)7/h15-16,19-25,27,35,37H,8-14,17-18H2,1-7H3,(H2,38,39,46)/b30-19+,35-29?/t23-,24+,25-,27-. The van der Waals surface area contributed by atoms with E-state index in [1.165, 1.54) is 6.42 Å². The van der Waals surface area contributed by atoms with Crippen molar-refractivity contribution in [3.63, 3.8) is 0 Å². The molecule has 1 saturated carbocycles. The predicted molar refractivity (Wildman–Crippen MR) is 186 cm³/mol. The number of rotatable bonds is 11. The number of nitrogens with one attached hydrogen (secondary N) is 4. The van der Waals surface area contributed by atoms with E-state index >= 15 is 0 Å². The zero-order chi connectivity index (χ0) is 33.7. The lowest BCUT2D eigenvalue weighted by Crippen LogP contribution is -2.45. The van der Waals surface area contributed by atoms with Gasteiger partial charge in [-0.1, -0.05) is 20.8 Å². The van der Waals surface area contributed by atoms with Gasteiger partial charge in [-0.3, -0.25) is 14.4 Å². The minimum Gasteiger partial charge on any atom is -0.489 e. The number of hydrogen-bond donors (Lipinski definition) is 4. The molecule has 3 aromatic rings. The van der Waals surface area contributed by atoms with Crippen LogP contribution in [0.5, 0.6) is 5.75 Å². The van der Waals surface area contributed by atoms with Crippen molar-refractivity contribution in [1.82, 2.24) is 39.9 Å². The van der Waals surface area contributed by atoms with Crippen molar-refractivity contribution in [2.24, 2.45) is 5.41 Å². The SMILES string of the molecule is C[C@@H]1CCC[C@H](C)N1c1nnc2ccc(O[C@H]3CC[C@H](NC(=O)N/C(=C/C(=N)C(C)(C)C)Nc4cnn(CCN(C)C)c4)CC3)cn12. The Labute approximate surface area is 278 Å². The van der Waals surface area contributed by atoms with Gasteiger partial charge in [0.1, 0.15) is 11.6 Å². The summed E-state index contributed by atoms with van der Waals surface area (Å²) in [4.78, 5) is 17.6. The molecule has 3 aromatic heterocycles. The van der Waals surface area contributed by atoms with E-state index in [0.717, 1.165) is 74.6 Å². The molecule has 256 valence electrons. The molecule has 47 heavy (non-hydrogen) atoms. The lowest BCUT2D eigenvalue weighted by Gasteiger charge is -2.39. The Bertz CT molecular complexity index is 1530. The molecule has 0 radical (unpaired) electrons. The van der Waals surface area contributed by atoms with Gasteiger partial charge in [0.05, 0.1) is 30.7 Å². The van der Waals surface area contributed by atoms with E-state index in [4.69, 9.17) is 10.1 Å². The third kappa shape index (κ3) is 9.03. The summed E-state index contributed by atoms with van der Waals surface area (Å²) in [7, 11) is 4.05. The van der Waals surface area contributed by atoms with Crippen molar-refractivity contribution >= 4 is 29.0 Å². The number of piperidine rings is 1. The van der Waals surface area contributed by atoms with Crippen LogP contribution >= 0.6 is 0 Å². The van der Waals surface area contributed by atoms with Crippen LogP contribution in [0.4, 0.5) is 16.4 Å². The maximum absolute atomic E-state index is 13.2. The Kier molecular flexibility index (Phi) is 10.7. The molecule has 0 spiro atoms. The average molecular weight is 648 g/mol. The molecule has 0 aromatic carbocycles. The molecule has 1 aliphatic heterocycles. The van der Waals surface area contributed by atoms with Gasteiger partial charge in [-0.15, -0.1) is 10.2 Å². The van der Waals surface area contributed by atoms with Crippen LogP contribution in [0, 0.1) is 10.8 Å². The molecule has 4 heterocycles. The van der Waals surface area contributed by atoms with Crippen LogP contribution < -0.4 is 25.6 Å². The molecular formula is C34H53N11O2. The number of anilines is 2. The maximum Gasteiger partial charge on any atom is 0.320 e. The molecule has 5 rings (SSSR count). The van der Waals surface area contributed by atoms with Gasteiger partial charge >= 0.3 is 6.03 Å². The highest BCUT2D eigenvalue weighted by atomic mass is 16.5. The van der Waals surface area contributed by atoms with Crippen LogP contribution in [0.15, 0.2) is 42.6 Å². The third-order valence-electron chi connectivity index (χ3n) is 9.13. The molecular weight excluding hydrogens is 594 g/mol. The lowest BCUT2D eigenvalue weighted by atomic mass is 9.90. The Hall–Kier alpha value is -4.13. The predicted octanol–water partition coefficient (Wildman–Crippen LogP) is 5.26. The van der Waals surface area contributed by atoms with Crippen molar-refractivity contribution in [1.29, 1.82) is 5.41 Å². The fourth-order valence-corrected chi connectivity index (χ4v) is 6.25. The highest BCUT2D eigenvalue weighted by Gasteiger charge is 2.29. The van der Waals surface area contributed by atoms with Crippen molar-refractivity contribution in [2.75, 3.05) is 30.9 Å². The summed E-state index contributed by atoms with van der Waals surface area (Å²) in [5.74, 6) is 2.11. The highest BCUT2D eigenvalue weighted by molar-refractivity contribution is 5.97. The van der Waals surface area contributed by atoms with Gasteiger partial charge in [-0.05, 0) is 85.0 Å². The smallest absolute Gasteiger partial charge is 0.320 e. The number of pyridine rings is 1. The number of ether oxygens (including phenoxy) is 1. The molecule has 1 saturated heterocycles. The number of fused-ring (bicyclic) bond motifs is 1. The number of allylic oxidation sites excluding steroid dienone is 1. The second kappa shape index (κ2) is 14.7. The second-order valence-corrected chi connectivity index (χ2v) is 14.5. The number of hydrogen-bond acceptors (Lipinski definition) is 9. The second-order valence-electron chi connectivity index (χ2n) is 14.5. The summed E-state index contributed by atoms with van der Waals surface area (Å²) in [6.07, 6.45) is 14.2. The quantitative estimate of drug-likeness (QED) is 0.207. The molecule has 4 N–H and O–H groups in total. The fraction of sp³-hybridized carbons (Fsp3) is 0.618. The molecule has 13 nitrogen and oxygen atoms in total. The number of likely N-dealkylation sites (N-methyl/N-ethyl adjacent to an activating group) is 1. The number of carbonyl (C=O) groups excluding carboxylic acids is 1. The van der Waals surface area contributed by atoms with Gasteiger partial charge in [0.15, 0.2) is 5.65 Å². The monoisotopic (exact) mass is 647 g/mol. The maximum atomic E-state index is 13.2. The summed E-state index contributed by atoms with van der Waals surface area (Å²) in [6.45, 7) is 12.1. The Balaban J connectivity index is 1.16. The highest BCUT2D eigenvalue weighted by Crippen LogP contribution is 2.30. The van der Waals surface area contributed by atoms with E-state index in [-0.39, 0.29) is 23.6 Å². The number of carbonyl (C=O) groups is 1. The van der Waals surface area contributed by atoms with Crippen LogP contribution in [0.3, 0.4) is 0 Å². The molecule has 2 atom stereocenters. The van der Waals surface area contributed by atoms with Crippen molar-refractivity contribution < 1.29 is 9.53 Å². The molecule has 2 fully saturated rings. The number of nitrogens with zero attached hydrogens (tertiary/aromatic N) is 7. The normalized spacial score (nSPS) is 22.4. The lowest BCUT2D eigenvalue weighted by molar-refractivity contribution is 0.140. The first kappa shape index (κ1) is 34.2. The summed E-state index contributed by atoms with van der Waals surface area (Å²) in [5, 5.41) is 31.2. The molecule has 0 unspecified atom stereocenters. The van der Waals surface area contributed by atoms with Crippen LogP contribution in [0.2, 0.25) is 0 Å². The minimum absolute atomic E-state index is 0.0287. The average Bonchev–Trinajstić information content (AvgIpc) is 3.63. The van der Waals surface area contributed by atoms with Crippen molar-refractivity contribution in [3.05, 3.63) is 42.6 Å². The van der Waals surface area contributed by atoms with Gasteiger partial charge in [-0.25, -0.2) is 4.79 Å². The van der Waals surface area contributed by atoms with E-state index in [1.807, 2.05) is 64.1 Å². The van der Waals surface area contributed by atoms with Crippen LogP contribution in [0.25, 0.3) is 5.65 Å². The van der Waals surface area contributed by atoms with Gasteiger partial charge in [-0.2, -0.15) is 5.10 Å². The largest absolute Gasteiger partial charge is 0.489 e. The number of aromatic nitrogens is 5. The molecule has 1 aliphatic carbocycles. The Morgan fingerprint density at radius 2 is 1.79 bits per heavy atom. The summed E-state index contributed by atoms with van der Waals surface area (Å²) >= 11 is 0. The first-order valence-corrected chi connectivity index (χ1v) is 17.0. The number of amides is 2. The van der Waals surface area contributed by atoms with Crippen molar-refractivity contribution in [2.45, 2.75) is 110 Å². The van der Waals surface area contributed by atoms with E-state index < -0.39 is 0 Å². The van der Waals surface area contributed by atoms with E-state index in [0.29, 0.717) is 23.6 Å². The third-order valence-corrected chi connectivity index (χ3v) is 9.13. The molecule has 13 heteroatoms. The van der Waals surface area contributed by atoms with Crippen LogP contribution in [0.1, 0.15) is 79.6 Å². The van der Waals surface area contributed by atoms with Gasteiger partial charge in [0.25, 0.3) is 0 Å². The zero-order valence-electron chi connectivity index (χ0n) is 29.1. The van der Waals surface area contributed by atoms with E-state index in [2.05, 4.69) is 59.3 Å². The van der Waals surface area contributed by atoms with E-state index in [9.17, 15) is 4.79 Å². The fourth-order valence-electron chi connectivity index (χ4n) is 6.25. The summed E-state index contributed by atoms with van der Waals surface area (Å²) in [6, 6.07) is 4.50. The van der Waals surface area contributed by atoms with Gasteiger partial charge in [0, 0.05) is 48.1 Å². The molecule has 0 bridgehead atoms. The first-order chi connectivity index (χ1) is 22.4. The topological polar surface area (TPSA) is 141 Å².